The van der Waals surface area contributed by atoms with Gasteiger partial charge in [-0.25, -0.2) is 8.42 Å². The number of amides is 1. The molecule has 1 atom stereocenters. The van der Waals surface area contributed by atoms with E-state index in [-0.39, 0.29) is 17.2 Å². The molecule has 7 nitrogen and oxygen atoms in total. The summed E-state index contributed by atoms with van der Waals surface area (Å²) in [5.74, 6) is 0.0719. The lowest BCUT2D eigenvalue weighted by molar-refractivity contribution is -0.121. The van der Waals surface area contributed by atoms with Gasteiger partial charge in [-0.3, -0.25) is 4.79 Å². The summed E-state index contributed by atoms with van der Waals surface area (Å²) in [6.45, 7) is 2.61. The highest BCUT2D eigenvalue weighted by atomic mass is 32.2. The Balaban J connectivity index is 2.13. The molecule has 0 radical (unpaired) electrons. The lowest BCUT2D eigenvalue weighted by Gasteiger charge is -2.17. The van der Waals surface area contributed by atoms with Gasteiger partial charge in [0.25, 0.3) is 0 Å². The van der Waals surface area contributed by atoms with Gasteiger partial charge in [0, 0.05) is 13.7 Å². The lowest BCUT2D eigenvalue weighted by atomic mass is 10.1. The number of benzene rings is 1. The smallest absolute Gasteiger partial charge is 0.241 e. The second kappa shape index (κ2) is 8.80. The molecule has 0 spiro atoms. The number of hydrogen-bond acceptors (Lipinski definition) is 5. The molecule has 2 N–H and O–H groups in total. The fourth-order valence-corrected chi connectivity index (χ4v) is 3.42. The Kier molecular flexibility index (Phi) is 6.74. The van der Waals surface area contributed by atoms with E-state index in [0.29, 0.717) is 18.9 Å². The number of aryl methyl sites for hydroxylation is 1. The Hall–Kier alpha value is -2.16. The van der Waals surface area contributed by atoms with E-state index in [4.69, 9.17) is 9.15 Å². The Morgan fingerprint density at radius 2 is 1.96 bits per heavy atom. The Morgan fingerprint density at radius 3 is 2.56 bits per heavy atom. The van der Waals surface area contributed by atoms with Crippen molar-refractivity contribution in [1.29, 1.82) is 0 Å². The average molecular weight is 366 g/mol. The molecule has 1 amide bonds. The first-order chi connectivity index (χ1) is 11.9. The predicted octanol–water partition coefficient (Wildman–Crippen LogP) is 1.76. The van der Waals surface area contributed by atoms with Crippen LogP contribution in [0.2, 0.25) is 0 Å². The standard InChI is InChI=1S/C17H22N2O5S/c1-13-5-7-14(8-6-13)25(21,22)19-15(16-4-3-10-24-16)12-17(20)18-9-11-23-2/h3-8,10,15,19H,9,11-12H2,1-2H3,(H,18,20)/t15-/m0/s1. The lowest BCUT2D eigenvalue weighted by Crippen LogP contribution is -2.34. The highest BCUT2D eigenvalue weighted by Gasteiger charge is 2.25. The zero-order chi connectivity index (χ0) is 18.3. The molecule has 0 unspecified atom stereocenters. The molecule has 8 heteroatoms. The number of nitrogens with one attached hydrogen (secondary N) is 2. The van der Waals surface area contributed by atoms with E-state index in [0.717, 1.165) is 5.56 Å². The highest BCUT2D eigenvalue weighted by Crippen LogP contribution is 2.21. The van der Waals surface area contributed by atoms with Crippen molar-refractivity contribution in [3.63, 3.8) is 0 Å². The van der Waals surface area contributed by atoms with Gasteiger partial charge in [-0.2, -0.15) is 4.72 Å². The SMILES string of the molecule is COCCNC(=O)C[C@H](NS(=O)(=O)c1ccc(C)cc1)c1ccco1. The van der Waals surface area contributed by atoms with Crippen LogP contribution in [-0.2, 0) is 19.6 Å². The van der Waals surface area contributed by atoms with Gasteiger partial charge >= 0.3 is 0 Å². The summed E-state index contributed by atoms with van der Waals surface area (Å²) in [5.41, 5.74) is 0.957. The summed E-state index contributed by atoms with van der Waals surface area (Å²) in [5, 5.41) is 2.67. The van der Waals surface area contributed by atoms with E-state index in [9.17, 15) is 13.2 Å². The van der Waals surface area contributed by atoms with E-state index >= 15 is 0 Å². The maximum atomic E-state index is 12.6. The fourth-order valence-electron chi connectivity index (χ4n) is 2.21. The molecule has 0 aliphatic heterocycles. The number of furan rings is 1. The first-order valence-corrected chi connectivity index (χ1v) is 9.29. The van der Waals surface area contributed by atoms with E-state index in [1.165, 1.54) is 25.5 Å². The van der Waals surface area contributed by atoms with Crippen LogP contribution in [0.5, 0.6) is 0 Å². The number of carbonyl (C=O) groups is 1. The van der Waals surface area contributed by atoms with E-state index in [2.05, 4.69) is 10.0 Å². The second-order valence-electron chi connectivity index (χ2n) is 5.55. The van der Waals surface area contributed by atoms with Crippen LogP contribution in [0.25, 0.3) is 0 Å². The number of sulfonamides is 1. The molecule has 0 saturated carbocycles. The minimum atomic E-state index is -3.79. The normalized spacial score (nSPS) is 12.7. The highest BCUT2D eigenvalue weighted by molar-refractivity contribution is 7.89. The summed E-state index contributed by atoms with van der Waals surface area (Å²) in [6.07, 6.45) is 1.35. The zero-order valence-corrected chi connectivity index (χ0v) is 15.0. The molecule has 136 valence electrons. The van der Waals surface area contributed by atoms with Gasteiger partial charge in [0.2, 0.25) is 15.9 Å². The van der Waals surface area contributed by atoms with Gasteiger partial charge in [0.05, 0.1) is 30.2 Å². The van der Waals surface area contributed by atoms with Crippen molar-refractivity contribution in [3.8, 4) is 0 Å². The number of rotatable bonds is 9. The van der Waals surface area contributed by atoms with Crippen molar-refractivity contribution in [2.24, 2.45) is 0 Å². The third-order valence-electron chi connectivity index (χ3n) is 3.53. The number of ether oxygens (including phenoxy) is 1. The molecule has 2 aromatic rings. The Morgan fingerprint density at radius 1 is 1.24 bits per heavy atom. The van der Waals surface area contributed by atoms with Crippen LogP contribution in [0.1, 0.15) is 23.8 Å². The topological polar surface area (TPSA) is 97.6 Å². The van der Waals surface area contributed by atoms with Crippen molar-refractivity contribution in [1.82, 2.24) is 10.0 Å². The summed E-state index contributed by atoms with van der Waals surface area (Å²) >= 11 is 0. The molecule has 0 fully saturated rings. The second-order valence-corrected chi connectivity index (χ2v) is 7.26. The molecule has 1 aromatic carbocycles. The van der Waals surface area contributed by atoms with Gasteiger partial charge in [-0.05, 0) is 31.2 Å². The van der Waals surface area contributed by atoms with Crippen molar-refractivity contribution in [2.45, 2.75) is 24.3 Å². The number of methoxy groups -OCH3 is 1. The minimum Gasteiger partial charge on any atom is -0.468 e. The summed E-state index contributed by atoms with van der Waals surface area (Å²) < 4.78 is 37.9. The quantitative estimate of drug-likeness (QED) is 0.659. The zero-order valence-electron chi connectivity index (χ0n) is 14.2. The molecule has 0 aliphatic carbocycles. The van der Waals surface area contributed by atoms with Gasteiger partial charge in [-0.15, -0.1) is 0 Å². The average Bonchev–Trinajstić information content (AvgIpc) is 3.09. The van der Waals surface area contributed by atoms with Crippen LogP contribution >= 0.6 is 0 Å². The first-order valence-electron chi connectivity index (χ1n) is 7.80. The predicted molar refractivity (Wildman–Crippen MR) is 92.5 cm³/mol. The Bertz CT molecular complexity index is 770. The molecule has 2 rings (SSSR count). The molecule has 25 heavy (non-hydrogen) atoms. The molecule has 1 heterocycles. The first kappa shape index (κ1) is 19.2. The van der Waals surface area contributed by atoms with Crippen LogP contribution in [0.4, 0.5) is 0 Å². The van der Waals surface area contributed by atoms with Crippen molar-refractivity contribution in [2.75, 3.05) is 20.3 Å². The maximum Gasteiger partial charge on any atom is 0.241 e. The van der Waals surface area contributed by atoms with Crippen LogP contribution in [0, 0.1) is 6.92 Å². The number of hydrogen-bond donors (Lipinski definition) is 2. The van der Waals surface area contributed by atoms with Crippen LogP contribution < -0.4 is 10.0 Å². The summed E-state index contributed by atoms with van der Waals surface area (Å²) in [6, 6.07) is 8.95. The van der Waals surface area contributed by atoms with Crippen molar-refractivity contribution in [3.05, 3.63) is 54.0 Å². The fraction of sp³-hybridized carbons (Fsp3) is 0.353. The van der Waals surface area contributed by atoms with E-state index in [1.807, 2.05) is 6.92 Å². The molecule has 1 aromatic heterocycles. The summed E-state index contributed by atoms with van der Waals surface area (Å²) in [7, 11) is -2.25. The number of carbonyl (C=O) groups excluding carboxylic acids is 1. The monoisotopic (exact) mass is 366 g/mol. The molecule has 0 aliphatic rings. The van der Waals surface area contributed by atoms with Crippen LogP contribution in [0.15, 0.2) is 52.0 Å². The van der Waals surface area contributed by atoms with Gasteiger partial charge in [-0.1, -0.05) is 17.7 Å². The third kappa shape index (κ3) is 5.70. The Labute approximate surface area is 147 Å². The summed E-state index contributed by atoms with van der Waals surface area (Å²) in [4.78, 5) is 12.2. The van der Waals surface area contributed by atoms with Gasteiger partial charge < -0.3 is 14.5 Å². The maximum absolute atomic E-state index is 12.6. The van der Waals surface area contributed by atoms with Crippen molar-refractivity contribution < 1.29 is 22.4 Å². The van der Waals surface area contributed by atoms with E-state index < -0.39 is 16.1 Å². The van der Waals surface area contributed by atoms with Gasteiger partial charge in [0.1, 0.15) is 5.76 Å². The molecular weight excluding hydrogens is 344 g/mol. The van der Waals surface area contributed by atoms with E-state index in [1.54, 1.807) is 24.3 Å². The molecule has 0 saturated heterocycles. The third-order valence-corrected chi connectivity index (χ3v) is 5.02. The van der Waals surface area contributed by atoms with Crippen LogP contribution in [-0.4, -0.2) is 34.6 Å². The minimum absolute atomic E-state index is 0.0810. The molecule has 0 bridgehead atoms. The van der Waals surface area contributed by atoms with Gasteiger partial charge in [0.15, 0.2) is 0 Å². The molecular formula is C17H22N2O5S. The van der Waals surface area contributed by atoms with Crippen molar-refractivity contribution >= 4 is 15.9 Å². The largest absolute Gasteiger partial charge is 0.468 e. The van der Waals surface area contributed by atoms with Crippen LogP contribution in [0.3, 0.4) is 0 Å².